The fraction of sp³-hybridized carbons (Fsp3) is 0.643. The number of hydrogen-bond donors (Lipinski definition) is 1. The first-order valence-corrected chi connectivity index (χ1v) is 6.47. The van der Waals surface area contributed by atoms with Crippen LogP contribution < -0.4 is 0 Å². The van der Waals surface area contributed by atoms with Gasteiger partial charge in [-0.15, -0.1) is 0 Å². The lowest BCUT2D eigenvalue weighted by molar-refractivity contribution is 0.0747. The van der Waals surface area contributed by atoms with Gasteiger partial charge in [0.25, 0.3) is 0 Å². The molecule has 1 saturated heterocycles. The minimum absolute atomic E-state index is 0.166. The Morgan fingerprint density at radius 2 is 2.24 bits per heavy atom. The molecule has 0 aromatic carbocycles. The molecule has 1 aliphatic heterocycles. The molecule has 1 fully saturated rings. The van der Waals surface area contributed by atoms with Gasteiger partial charge in [0.05, 0.1) is 12.2 Å². The smallest absolute Gasteiger partial charge is 0.0607 e. The number of aliphatic hydroxyl groups is 1. The Morgan fingerprint density at radius 1 is 1.47 bits per heavy atom. The van der Waals surface area contributed by atoms with Crippen molar-refractivity contribution >= 4 is 0 Å². The van der Waals surface area contributed by atoms with E-state index in [0.717, 1.165) is 31.4 Å². The standard InChI is InChI=1S/C14H21NO2/c1-11(12-6-8-15-9-7-12)14(16)5-4-13-3-2-10-17-13/h6-9,11,13-14,16H,2-5,10H2,1H3. The summed E-state index contributed by atoms with van der Waals surface area (Å²) in [5, 5.41) is 10.2. The normalized spacial score (nSPS) is 23.5. The van der Waals surface area contributed by atoms with Crippen molar-refractivity contribution in [2.75, 3.05) is 6.61 Å². The third-order valence-corrected chi connectivity index (χ3v) is 3.62. The molecule has 0 saturated carbocycles. The highest BCUT2D eigenvalue weighted by atomic mass is 16.5. The summed E-state index contributed by atoms with van der Waals surface area (Å²) in [6.45, 7) is 2.95. The summed E-state index contributed by atoms with van der Waals surface area (Å²) in [5.41, 5.74) is 1.15. The summed E-state index contributed by atoms with van der Waals surface area (Å²) in [7, 11) is 0. The molecular formula is C14H21NO2. The van der Waals surface area contributed by atoms with Crippen LogP contribution in [0.15, 0.2) is 24.5 Å². The Balaban J connectivity index is 1.80. The lowest BCUT2D eigenvalue weighted by atomic mass is 9.92. The molecule has 0 bridgehead atoms. The molecule has 0 radical (unpaired) electrons. The van der Waals surface area contributed by atoms with Gasteiger partial charge in [-0.1, -0.05) is 6.92 Å². The summed E-state index contributed by atoms with van der Waals surface area (Å²) in [6.07, 6.45) is 7.73. The number of aromatic nitrogens is 1. The van der Waals surface area contributed by atoms with Gasteiger partial charge >= 0.3 is 0 Å². The Bertz CT molecular complexity index is 322. The first kappa shape index (κ1) is 12.5. The minimum atomic E-state index is -0.290. The first-order valence-electron chi connectivity index (χ1n) is 6.47. The molecule has 94 valence electrons. The minimum Gasteiger partial charge on any atom is -0.393 e. The highest BCUT2D eigenvalue weighted by Crippen LogP contribution is 2.24. The fourth-order valence-corrected chi connectivity index (χ4v) is 2.37. The summed E-state index contributed by atoms with van der Waals surface area (Å²) in [4.78, 5) is 3.99. The van der Waals surface area contributed by atoms with Crippen molar-refractivity contribution in [1.82, 2.24) is 4.98 Å². The number of ether oxygens (including phenoxy) is 1. The van der Waals surface area contributed by atoms with Crippen LogP contribution >= 0.6 is 0 Å². The molecule has 1 aliphatic rings. The second-order valence-electron chi connectivity index (χ2n) is 4.85. The van der Waals surface area contributed by atoms with E-state index in [9.17, 15) is 5.11 Å². The maximum absolute atomic E-state index is 10.2. The predicted octanol–water partition coefficient (Wildman–Crippen LogP) is 2.51. The Hall–Kier alpha value is -0.930. The number of aliphatic hydroxyl groups excluding tert-OH is 1. The van der Waals surface area contributed by atoms with Gasteiger partial charge in [0.1, 0.15) is 0 Å². The predicted molar refractivity (Wildman–Crippen MR) is 66.9 cm³/mol. The molecule has 3 unspecified atom stereocenters. The Morgan fingerprint density at radius 3 is 2.88 bits per heavy atom. The zero-order valence-electron chi connectivity index (χ0n) is 10.4. The molecule has 2 rings (SSSR count). The van der Waals surface area contributed by atoms with Gasteiger partial charge in [0, 0.05) is 24.9 Å². The van der Waals surface area contributed by atoms with Crippen molar-refractivity contribution in [2.45, 2.75) is 50.7 Å². The molecule has 1 aromatic rings. The Kier molecular flexibility index (Phi) is 4.51. The second-order valence-corrected chi connectivity index (χ2v) is 4.85. The van der Waals surface area contributed by atoms with Crippen molar-refractivity contribution in [2.24, 2.45) is 0 Å². The van der Waals surface area contributed by atoms with Crippen LogP contribution in [0.3, 0.4) is 0 Å². The summed E-state index contributed by atoms with van der Waals surface area (Å²) >= 11 is 0. The van der Waals surface area contributed by atoms with Crippen LogP contribution in [0.1, 0.15) is 44.1 Å². The van der Waals surface area contributed by atoms with Crippen molar-refractivity contribution in [3.8, 4) is 0 Å². The van der Waals surface area contributed by atoms with E-state index in [0.29, 0.717) is 6.10 Å². The fourth-order valence-electron chi connectivity index (χ4n) is 2.37. The summed E-state index contributed by atoms with van der Waals surface area (Å²) in [6, 6.07) is 3.94. The lowest BCUT2D eigenvalue weighted by Crippen LogP contribution is -2.18. The summed E-state index contributed by atoms with van der Waals surface area (Å²) in [5.74, 6) is 0.166. The third kappa shape index (κ3) is 3.51. The van der Waals surface area contributed by atoms with Crippen molar-refractivity contribution in [1.29, 1.82) is 0 Å². The number of rotatable bonds is 5. The molecule has 1 aromatic heterocycles. The van der Waals surface area contributed by atoms with E-state index in [1.54, 1.807) is 12.4 Å². The van der Waals surface area contributed by atoms with Crippen LogP contribution in [0, 0.1) is 0 Å². The van der Waals surface area contributed by atoms with Crippen molar-refractivity contribution < 1.29 is 9.84 Å². The van der Waals surface area contributed by atoms with Crippen molar-refractivity contribution in [3.63, 3.8) is 0 Å². The van der Waals surface area contributed by atoms with Gasteiger partial charge in [0.15, 0.2) is 0 Å². The van der Waals surface area contributed by atoms with Gasteiger partial charge in [-0.3, -0.25) is 4.98 Å². The van der Waals surface area contributed by atoms with E-state index in [1.165, 1.54) is 6.42 Å². The van der Waals surface area contributed by atoms with Gasteiger partial charge in [-0.05, 0) is 43.4 Å². The first-order chi connectivity index (χ1) is 8.27. The lowest BCUT2D eigenvalue weighted by Gasteiger charge is -2.20. The molecule has 3 nitrogen and oxygen atoms in total. The molecule has 17 heavy (non-hydrogen) atoms. The van der Waals surface area contributed by atoms with E-state index in [1.807, 2.05) is 12.1 Å². The molecule has 0 amide bonds. The van der Waals surface area contributed by atoms with E-state index >= 15 is 0 Å². The van der Waals surface area contributed by atoms with Gasteiger partial charge in [-0.2, -0.15) is 0 Å². The average molecular weight is 235 g/mol. The highest BCUT2D eigenvalue weighted by Gasteiger charge is 2.20. The van der Waals surface area contributed by atoms with Crippen LogP contribution in [0.4, 0.5) is 0 Å². The molecule has 0 spiro atoms. The van der Waals surface area contributed by atoms with Gasteiger partial charge in [-0.25, -0.2) is 0 Å². The van der Waals surface area contributed by atoms with Crippen LogP contribution in [0.2, 0.25) is 0 Å². The van der Waals surface area contributed by atoms with Gasteiger partial charge in [0.2, 0.25) is 0 Å². The molecule has 1 N–H and O–H groups in total. The van der Waals surface area contributed by atoms with Crippen LogP contribution in [0.25, 0.3) is 0 Å². The van der Waals surface area contributed by atoms with Crippen LogP contribution in [-0.2, 0) is 4.74 Å². The van der Waals surface area contributed by atoms with E-state index in [4.69, 9.17) is 4.74 Å². The molecule has 2 heterocycles. The van der Waals surface area contributed by atoms with Crippen LogP contribution in [-0.4, -0.2) is 28.9 Å². The van der Waals surface area contributed by atoms with Gasteiger partial charge < -0.3 is 9.84 Å². The molecule has 3 heteroatoms. The second kappa shape index (κ2) is 6.12. The van der Waals surface area contributed by atoms with E-state index in [2.05, 4.69) is 11.9 Å². The number of nitrogens with zero attached hydrogens (tertiary/aromatic N) is 1. The number of hydrogen-bond acceptors (Lipinski definition) is 3. The number of pyridine rings is 1. The van der Waals surface area contributed by atoms with E-state index in [-0.39, 0.29) is 12.0 Å². The van der Waals surface area contributed by atoms with Crippen molar-refractivity contribution in [3.05, 3.63) is 30.1 Å². The van der Waals surface area contributed by atoms with Crippen LogP contribution in [0.5, 0.6) is 0 Å². The monoisotopic (exact) mass is 235 g/mol. The third-order valence-electron chi connectivity index (χ3n) is 3.62. The highest BCUT2D eigenvalue weighted by molar-refractivity contribution is 5.16. The maximum Gasteiger partial charge on any atom is 0.0607 e. The van der Waals surface area contributed by atoms with E-state index < -0.39 is 0 Å². The largest absolute Gasteiger partial charge is 0.393 e. The quantitative estimate of drug-likeness (QED) is 0.852. The molecular weight excluding hydrogens is 214 g/mol. The molecule has 3 atom stereocenters. The topological polar surface area (TPSA) is 42.4 Å². The Labute approximate surface area is 103 Å². The SMILES string of the molecule is CC(c1ccncc1)C(O)CCC1CCCO1. The summed E-state index contributed by atoms with van der Waals surface area (Å²) < 4.78 is 5.57. The zero-order chi connectivity index (χ0) is 12.1. The molecule has 0 aliphatic carbocycles. The maximum atomic E-state index is 10.2. The average Bonchev–Trinajstić information content (AvgIpc) is 2.89. The zero-order valence-corrected chi connectivity index (χ0v) is 10.4.